The number of hydrogen-bond donors (Lipinski definition) is 2. The summed E-state index contributed by atoms with van der Waals surface area (Å²) >= 11 is 0. The Kier molecular flexibility index (Phi) is 4.62. The Labute approximate surface area is 171 Å². The van der Waals surface area contributed by atoms with Crippen molar-refractivity contribution >= 4 is 17.4 Å². The molecule has 1 aliphatic rings. The van der Waals surface area contributed by atoms with Gasteiger partial charge in [0.25, 0.3) is 5.56 Å². The van der Waals surface area contributed by atoms with Crippen LogP contribution in [0.25, 0.3) is 11.3 Å². The number of anilines is 2. The van der Waals surface area contributed by atoms with Gasteiger partial charge < -0.3 is 10.6 Å². The zero-order valence-corrected chi connectivity index (χ0v) is 16.1. The second kappa shape index (κ2) is 7.58. The van der Waals surface area contributed by atoms with Gasteiger partial charge in [-0.15, -0.1) is 5.10 Å². The molecule has 2 N–H and O–H groups in total. The van der Waals surface area contributed by atoms with Crippen molar-refractivity contribution in [3.8, 4) is 5.69 Å². The SMILES string of the molecule is O=c1ccccn1-c1ccc(NC2CCC(Nc3nc4cc(F)ccn4n3)C2)nc1. The fourth-order valence-electron chi connectivity index (χ4n) is 3.81. The molecule has 0 amide bonds. The molecular weight excluding hydrogens is 385 g/mol. The Balaban J connectivity index is 1.21. The van der Waals surface area contributed by atoms with Gasteiger partial charge in [0.1, 0.15) is 11.6 Å². The molecule has 8 nitrogen and oxygen atoms in total. The van der Waals surface area contributed by atoms with E-state index in [2.05, 4.69) is 25.7 Å². The van der Waals surface area contributed by atoms with Gasteiger partial charge in [-0.1, -0.05) is 6.07 Å². The Hall–Kier alpha value is -3.75. The molecule has 0 aromatic carbocycles. The normalized spacial score (nSPS) is 18.6. The lowest BCUT2D eigenvalue weighted by molar-refractivity contribution is 0.625. The van der Waals surface area contributed by atoms with Crippen molar-refractivity contribution in [3.63, 3.8) is 0 Å². The summed E-state index contributed by atoms with van der Waals surface area (Å²) in [4.78, 5) is 20.7. The summed E-state index contributed by atoms with van der Waals surface area (Å²) in [5.41, 5.74) is 1.12. The predicted molar refractivity (Wildman–Crippen MR) is 111 cm³/mol. The molecular formula is C21H20FN7O. The molecule has 1 aliphatic carbocycles. The smallest absolute Gasteiger partial charge is 0.255 e. The molecule has 2 atom stereocenters. The zero-order chi connectivity index (χ0) is 20.5. The lowest BCUT2D eigenvalue weighted by Crippen LogP contribution is -2.21. The van der Waals surface area contributed by atoms with Crippen LogP contribution in [0, 0.1) is 5.82 Å². The second-order valence-corrected chi connectivity index (χ2v) is 7.39. The van der Waals surface area contributed by atoms with Gasteiger partial charge >= 0.3 is 0 Å². The molecule has 2 unspecified atom stereocenters. The first-order valence-corrected chi connectivity index (χ1v) is 9.83. The van der Waals surface area contributed by atoms with E-state index in [1.807, 2.05) is 18.2 Å². The highest BCUT2D eigenvalue weighted by molar-refractivity contribution is 5.44. The largest absolute Gasteiger partial charge is 0.367 e. The van der Waals surface area contributed by atoms with E-state index in [1.54, 1.807) is 33.7 Å². The summed E-state index contributed by atoms with van der Waals surface area (Å²) < 4.78 is 16.4. The van der Waals surface area contributed by atoms with E-state index >= 15 is 0 Å². The molecule has 0 spiro atoms. The Bertz CT molecular complexity index is 1230. The maximum atomic E-state index is 13.3. The maximum absolute atomic E-state index is 13.3. The van der Waals surface area contributed by atoms with E-state index in [1.165, 1.54) is 18.2 Å². The highest BCUT2D eigenvalue weighted by Gasteiger charge is 2.25. The predicted octanol–water partition coefficient (Wildman–Crippen LogP) is 2.86. The third-order valence-corrected chi connectivity index (χ3v) is 5.27. The summed E-state index contributed by atoms with van der Waals surface area (Å²) in [5.74, 6) is 0.944. The summed E-state index contributed by atoms with van der Waals surface area (Å²) in [6, 6.07) is 12.0. The fraction of sp³-hybridized carbons (Fsp3) is 0.238. The quantitative estimate of drug-likeness (QED) is 0.531. The summed E-state index contributed by atoms with van der Waals surface area (Å²) in [7, 11) is 0. The third kappa shape index (κ3) is 3.73. The molecule has 1 fully saturated rings. The molecule has 4 aromatic rings. The van der Waals surface area contributed by atoms with Gasteiger partial charge in [0, 0.05) is 36.6 Å². The molecule has 5 rings (SSSR count). The zero-order valence-electron chi connectivity index (χ0n) is 16.1. The molecule has 30 heavy (non-hydrogen) atoms. The number of pyridine rings is 3. The van der Waals surface area contributed by atoms with Crippen LogP contribution in [0.2, 0.25) is 0 Å². The van der Waals surface area contributed by atoms with Crippen molar-refractivity contribution in [1.82, 2.24) is 24.1 Å². The van der Waals surface area contributed by atoms with Crippen molar-refractivity contribution in [3.05, 3.63) is 77.2 Å². The molecule has 4 aromatic heterocycles. The van der Waals surface area contributed by atoms with Crippen LogP contribution >= 0.6 is 0 Å². The molecule has 0 saturated heterocycles. The van der Waals surface area contributed by atoms with Crippen LogP contribution in [0.15, 0.2) is 65.8 Å². The van der Waals surface area contributed by atoms with Crippen molar-refractivity contribution in [1.29, 1.82) is 0 Å². The van der Waals surface area contributed by atoms with Gasteiger partial charge in [-0.3, -0.25) is 9.36 Å². The van der Waals surface area contributed by atoms with Gasteiger partial charge in [-0.25, -0.2) is 13.9 Å². The molecule has 0 aliphatic heterocycles. The van der Waals surface area contributed by atoms with Crippen LogP contribution in [0.1, 0.15) is 19.3 Å². The van der Waals surface area contributed by atoms with Gasteiger partial charge in [0.2, 0.25) is 5.95 Å². The van der Waals surface area contributed by atoms with Crippen LogP contribution in [0.3, 0.4) is 0 Å². The lowest BCUT2D eigenvalue weighted by Gasteiger charge is -2.15. The standard InChI is InChI=1S/C21H20FN7O/c22-14-8-10-29-19(11-14)26-21(27-29)25-16-5-4-15(12-16)24-18-7-6-17(13-23-18)28-9-2-1-3-20(28)30/h1-3,6-11,13,15-16H,4-5,12H2,(H,23,24)(H,25,27). The number of aromatic nitrogens is 5. The van der Waals surface area contributed by atoms with E-state index in [9.17, 15) is 9.18 Å². The van der Waals surface area contributed by atoms with E-state index < -0.39 is 0 Å². The summed E-state index contributed by atoms with van der Waals surface area (Å²) in [5, 5.41) is 11.1. The third-order valence-electron chi connectivity index (χ3n) is 5.27. The van der Waals surface area contributed by atoms with Gasteiger partial charge in [-0.05, 0) is 43.5 Å². The van der Waals surface area contributed by atoms with Crippen molar-refractivity contribution in [2.24, 2.45) is 0 Å². The van der Waals surface area contributed by atoms with Crippen molar-refractivity contribution < 1.29 is 4.39 Å². The topological polar surface area (TPSA) is 89.1 Å². The van der Waals surface area contributed by atoms with Gasteiger partial charge in [0.05, 0.1) is 11.9 Å². The number of halogens is 1. The summed E-state index contributed by atoms with van der Waals surface area (Å²) in [6.45, 7) is 0. The Morgan fingerprint density at radius 3 is 2.70 bits per heavy atom. The van der Waals surface area contributed by atoms with E-state index in [0.29, 0.717) is 11.6 Å². The molecule has 4 heterocycles. The van der Waals surface area contributed by atoms with Crippen LogP contribution in [0.4, 0.5) is 16.2 Å². The highest BCUT2D eigenvalue weighted by atomic mass is 19.1. The van der Waals surface area contributed by atoms with E-state index in [-0.39, 0.29) is 23.5 Å². The van der Waals surface area contributed by atoms with Gasteiger partial charge in [-0.2, -0.15) is 4.98 Å². The van der Waals surface area contributed by atoms with Crippen molar-refractivity contribution in [2.75, 3.05) is 10.6 Å². The van der Waals surface area contributed by atoms with Crippen LogP contribution in [-0.4, -0.2) is 36.2 Å². The second-order valence-electron chi connectivity index (χ2n) is 7.39. The van der Waals surface area contributed by atoms with Crippen LogP contribution in [-0.2, 0) is 0 Å². The van der Waals surface area contributed by atoms with E-state index in [4.69, 9.17) is 0 Å². The maximum Gasteiger partial charge on any atom is 0.255 e. The number of hydrogen-bond acceptors (Lipinski definition) is 6. The number of nitrogens with one attached hydrogen (secondary N) is 2. The van der Waals surface area contributed by atoms with Crippen LogP contribution in [0.5, 0.6) is 0 Å². The van der Waals surface area contributed by atoms with Crippen LogP contribution < -0.4 is 16.2 Å². The molecule has 1 saturated carbocycles. The molecule has 0 radical (unpaired) electrons. The first kappa shape index (κ1) is 18.3. The Morgan fingerprint density at radius 1 is 1.03 bits per heavy atom. The van der Waals surface area contributed by atoms with E-state index in [0.717, 1.165) is 30.8 Å². The minimum Gasteiger partial charge on any atom is -0.367 e. The first-order chi connectivity index (χ1) is 14.6. The molecule has 152 valence electrons. The Morgan fingerprint density at radius 2 is 1.90 bits per heavy atom. The molecule has 9 heteroatoms. The first-order valence-electron chi connectivity index (χ1n) is 9.83. The number of rotatable bonds is 5. The minimum absolute atomic E-state index is 0.0898. The minimum atomic E-state index is -0.331. The fourth-order valence-corrected chi connectivity index (χ4v) is 3.81. The monoisotopic (exact) mass is 405 g/mol. The highest BCUT2D eigenvalue weighted by Crippen LogP contribution is 2.25. The average Bonchev–Trinajstić information content (AvgIpc) is 3.35. The number of fused-ring (bicyclic) bond motifs is 1. The lowest BCUT2D eigenvalue weighted by atomic mass is 10.2. The number of nitrogens with zero attached hydrogens (tertiary/aromatic N) is 5. The molecule has 0 bridgehead atoms. The average molecular weight is 405 g/mol. The summed E-state index contributed by atoms with van der Waals surface area (Å²) in [6.07, 6.45) is 7.82. The van der Waals surface area contributed by atoms with Gasteiger partial charge in [0.15, 0.2) is 5.65 Å². The van der Waals surface area contributed by atoms with Crippen molar-refractivity contribution in [2.45, 2.75) is 31.3 Å².